The lowest BCUT2D eigenvalue weighted by atomic mass is 9.55. The molecule has 27 heavy (non-hydrogen) atoms. The first-order valence-corrected chi connectivity index (χ1v) is 10.6. The molecule has 0 amide bonds. The number of Topliss-reactive ketones (excluding diaryl/α,β-unsaturated/α-hetero) is 1. The molecule has 4 nitrogen and oxygen atoms in total. The number of ketones is 1. The van der Waals surface area contributed by atoms with Gasteiger partial charge in [-0.05, 0) is 73.1 Å². The van der Waals surface area contributed by atoms with Crippen molar-refractivity contribution >= 4 is 15.9 Å². The van der Waals surface area contributed by atoms with Gasteiger partial charge in [0.05, 0.1) is 0 Å². The summed E-state index contributed by atoms with van der Waals surface area (Å²) < 4.78 is 64.3. The molecule has 1 aromatic rings. The van der Waals surface area contributed by atoms with Gasteiger partial charge in [-0.25, -0.2) is 0 Å². The lowest BCUT2D eigenvalue weighted by Gasteiger charge is -2.48. The molecule has 2 unspecified atom stereocenters. The summed E-state index contributed by atoms with van der Waals surface area (Å²) in [4.78, 5) is 12.3. The molecule has 0 spiro atoms. The lowest BCUT2D eigenvalue weighted by Crippen LogP contribution is -2.42. The topological polar surface area (TPSA) is 60.4 Å². The average Bonchev–Trinajstić information content (AvgIpc) is 2.88. The molecule has 0 saturated heterocycles. The summed E-state index contributed by atoms with van der Waals surface area (Å²) in [5, 5.41) is 0. The minimum Gasteiger partial charge on any atom is -0.376 e. The highest BCUT2D eigenvalue weighted by Gasteiger charge is 2.54. The van der Waals surface area contributed by atoms with Crippen LogP contribution in [0.2, 0.25) is 0 Å². The van der Waals surface area contributed by atoms with Crippen molar-refractivity contribution in [2.75, 3.05) is 0 Å². The number of halogens is 3. The third kappa shape index (κ3) is 2.87. The minimum atomic E-state index is -5.66. The van der Waals surface area contributed by atoms with Gasteiger partial charge in [-0.2, -0.15) is 21.6 Å². The van der Waals surface area contributed by atoms with Crippen LogP contribution in [0.15, 0.2) is 18.2 Å². The Hall–Kier alpha value is -1.57. The maximum atomic E-state index is 12.5. The van der Waals surface area contributed by atoms with Gasteiger partial charge in [0.1, 0.15) is 11.5 Å². The van der Waals surface area contributed by atoms with Gasteiger partial charge in [0.15, 0.2) is 0 Å². The van der Waals surface area contributed by atoms with Gasteiger partial charge < -0.3 is 4.18 Å². The molecule has 0 aliphatic heterocycles. The van der Waals surface area contributed by atoms with Crippen LogP contribution in [-0.2, 0) is 21.3 Å². The van der Waals surface area contributed by atoms with E-state index >= 15 is 0 Å². The van der Waals surface area contributed by atoms with Crippen LogP contribution in [0.4, 0.5) is 13.2 Å². The van der Waals surface area contributed by atoms with E-state index in [-0.39, 0.29) is 17.1 Å². The number of benzene rings is 1. The van der Waals surface area contributed by atoms with Crippen LogP contribution in [0.5, 0.6) is 5.75 Å². The molecule has 0 heterocycles. The largest absolute Gasteiger partial charge is 0.534 e. The Bertz CT molecular complexity index is 893. The van der Waals surface area contributed by atoms with Crippen molar-refractivity contribution in [3.63, 3.8) is 0 Å². The van der Waals surface area contributed by atoms with Gasteiger partial charge in [0.2, 0.25) is 0 Å². The van der Waals surface area contributed by atoms with E-state index in [0.29, 0.717) is 30.5 Å². The third-order valence-electron chi connectivity index (χ3n) is 6.90. The van der Waals surface area contributed by atoms with Crippen LogP contribution in [0.25, 0.3) is 0 Å². The Morgan fingerprint density at radius 2 is 1.89 bits per heavy atom. The first kappa shape index (κ1) is 18.8. The summed E-state index contributed by atoms with van der Waals surface area (Å²) in [6.07, 6.45) is 4.77. The summed E-state index contributed by atoms with van der Waals surface area (Å²) in [6.45, 7) is 2.08. The Morgan fingerprint density at radius 3 is 2.59 bits per heavy atom. The van der Waals surface area contributed by atoms with Crippen LogP contribution >= 0.6 is 0 Å². The monoisotopic (exact) mass is 402 g/mol. The quantitative estimate of drug-likeness (QED) is 0.545. The molecule has 0 bridgehead atoms. The molecular formula is C19H21F3O4S. The van der Waals surface area contributed by atoms with Crippen LogP contribution in [0.3, 0.4) is 0 Å². The molecule has 4 rings (SSSR count). The van der Waals surface area contributed by atoms with E-state index in [1.54, 1.807) is 6.07 Å². The lowest BCUT2D eigenvalue weighted by molar-refractivity contribution is -0.129. The molecule has 0 radical (unpaired) electrons. The predicted octanol–water partition coefficient (Wildman–Crippen LogP) is 4.34. The van der Waals surface area contributed by atoms with Crippen LogP contribution in [-0.4, -0.2) is 19.7 Å². The number of fused-ring (bicyclic) bond motifs is 5. The summed E-state index contributed by atoms with van der Waals surface area (Å²) in [7, 11) is -5.66. The number of alkyl halides is 3. The van der Waals surface area contributed by atoms with E-state index in [9.17, 15) is 26.4 Å². The van der Waals surface area contributed by atoms with Crippen LogP contribution in [0, 0.1) is 17.3 Å². The fourth-order valence-corrected chi connectivity index (χ4v) is 6.01. The Labute approximate surface area is 156 Å². The smallest absolute Gasteiger partial charge is 0.376 e. The van der Waals surface area contributed by atoms with Gasteiger partial charge in [-0.3, -0.25) is 4.79 Å². The molecule has 148 valence electrons. The normalized spacial score (nSPS) is 33.2. The van der Waals surface area contributed by atoms with Crippen molar-refractivity contribution in [3.8, 4) is 5.75 Å². The van der Waals surface area contributed by atoms with Crippen LogP contribution in [0.1, 0.15) is 56.1 Å². The molecular weight excluding hydrogens is 381 g/mol. The molecule has 3 aliphatic carbocycles. The highest BCUT2D eigenvalue weighted by atomic mass is 32.2. The summed E-state index contributed by atoms with van der Waals surface area (Å²) in [5.74, 6) is 1.08. The van der Waals surface area contributed by atoms with Crippen molar-refractivity contribution in [3.05, 3.63) is 29.3 Å². The molecule has 1 aromatic carbocycles. The third-order valence-corrected chi connectivity index (χ3v) is 7.88. The van der Waals surface area contributed by atoms with E-state index < -0.39 is 15.6 Å². The van der Waals surface area contributed by atoms with E-state index in [2.05, 4.69) is 11.1 Å². The molecule has 2 fully saturated rings. The standard InChI is InChI=1S/C19H21F3O4S/c1-18-9-8-14-13-5-3-12(26-27(24,25)19(20,21)22)10-11(13)2-4-15(14)16(18)6-7-17(18)23/h3,5,10,14-16H,2,4,6-9H2,1H3/t14-,15?,16+,18?/m1/s1. The second-order valence-corrected chi connectivity index (χ2v) is 9.72. The Balaban J connectivity index is 1.61. The first-order valence-electron chi connectivity index (χ1n) is 9.20. The second-order valence-electron chi connectivity index (χ2n) is 8.18. The van der Waals surface area contributed by atoms with Gasteiger partial charge in [0.25, 0.3) is 0 Å². The first-order chi connectivity index (χ1) is 12.5. The van der Waals surface area contributed by atoms with E-state index in [0.717, 1.165) is 36.8 Å². The van der Waals surface area contributed by atoms with Gasteiger partial charge in [0, 0.05) is 11.8 Å². The molecule has 3 aliphatic rings. The highest BCUT2D eigenvalue weighted by molar-refractivity contribution is 7.88. The predicted molar refractivity (Wildman–Crippen MR) is 91.7 cm³/mol. The fourth-order valence-electron chi connectivity index (χ4n) is 5.56. The van der Waals surface area contributed by atoms with E-state index in [1.807, 2.05) is 0 Å². The van der Waals surface area contributed by atoms with Crippen molar-refractivity contribution in [2.24, 2.45) is 17.3 Å². The number of aryl methyl sites for hydroxylation is 1. The number of rotatable bonds is 2. The Kier molecular flexibility index (Phi) is 4.15. The van der Waals surface area contributed by atoms with Gasteiger partial charge >= 0.3 is 15.6 Å². The van der Waals surface area contributed by atoms with Gasteiger partial charge in [-0.15, -0.1) is 0 Å². The van der Waals surface area contributed by atoms with Crippen molar-refractivity contribution < 1.29 is 30.6 Å². The van der Waals surface area contributed by atoms with Crippen molar-refractivity contribution in [1.29, 1.82) is 0 Å². The molecule has 0 aromatic heterocycles. The van der Waals surface area contributed by atoms with Crippen molar-refractivity contribution in [2.45, 2.75) is 56.9 Å². The number of hydrogen-bond acceptors (Lipinski definition) is 4. The van der Waals surface area contributed by atoms with Crippen LogP contribution < -0.4 is 4.18 Å². The zero-order valence-corrected chi connectivity index (χ0v) is 15.7. The highest BCUT2D eigenvalue weighted by Crippen LogP contribution is 2.59. The summed E-state index contributed by atoms with van der Waals surface area (Å²) >= 11 is 0. The molecule has 8 heteroatoms. The number of carbonyl (C=O) groups excluding carboxylic acids is 1. The zero-order chi connectivity index (χ0) is 19.6. The summed E-state index contributed by atoms with van der Waals surface area (Å²) in [6, 6.07) is 4.42. The zero-order valence-electron chi connectivity index (χ0n) is 14.9. The molecule has 0 N–H and O–H groups in total. The molecule has 2 saturated carbocycles. The minimum absolute atomic E-state index is 0.234. The Morgan fingerprint density at radius 1 is 1.15 bits per heavy atom. The second kappa shape index (κ2) is 5.96. The van der Waals surface area contributed by atoms with E-state index in [4.69, 9.17) is 0 Å². The summed E-state index contributed by atoms with van der Waals surface area (Å²) in [5.41, 5.74) is -3.78. The van der Waals surface area contributed by atoms with Gasteiger partial charge in [-0.1, -0.05) is 13.0 Å². The maximum absolute atomic E-state index is 12.5. The maximum Gasteiger partial charge on any atom is 0.534 e. The average molecular weight is 402 g/mol. The number of hydrogen-bond donors (Lipinski definition) is 0. The van der Waals surface area contributed by atoms with E-state index in [1.165, 1.54) is 12.1 Å². The SMILES string of the molecule is CC12CC[C@@H]3c4ccc(OS(=O)(=O)C(F)(F)F)cc4CCC3[C@@H]1CCC2=O. The van der Waals surface area contributed by atoms with Crippen molar-refractivity contribution in [1.82, 2.24) is 0 Å². The molecule has 4 atom stereocenters. The fraction of sp³-hybridized carbons (Fsp3) is 0.632. The number of carbonyl (C=O) groups is 1.